The zero-order valence-electron chi connectivity index (χ0n) is 17.2. The van der Waals surface area contributed by atoms with E-state index in [2.05, 4.69) is 11.8 Å². The van der Waals surface area contributed by atoms with Crippen LogP contribution in [0, 0.1) is 5.82 Å². The Morgan fingerprint density at radius 2 is 1.89 bits per heavy atom. The second-order valence-corrected chi connectivity index (χ2v) is 6.79. The van der Waals surface area contributed by atoms with E-state index in [1.54, 1.807) is 0 Å². The van der Waals surface area contributed by atoms with Gasteiger partial charge < -0.3 is 15.2 Å². The molecule has 2 heterocycles. The number of morpholine rings is 1. The van der Waals surface area contributed by atoms with Crippen molar-refractivity contribution in [1.29, 1.82) is 0 Å². The van der Waals surface area contributed by atoms with Gasteiger partial charge in [-0.05, 0) is 30.5 Å². The van der Waals surface area contributed by atoms with Crippen molar-refractivity contribution in [1.82, 2.24) is 4.90 Å². The summed E-state index contributed by atoms with van der Waals surface area (Å²) in [6, 6.07) is 15.2. The molecule has 0 amide bonds. The van der Waals surface area contributed by atoms with Gasteiger partial charge >= 0.3 is 0 Å². The molecule has 0 bridgehead atoms. The van der Waals surface area contributed by atoms with Crippen molar-refractivity contribution >= 4 is 0 Å². The van der Waals surface area contributed by atoms with E-state index in [4.69, 9.17) is 15.2 Å². The molecule has 0 aliphatic carbocycles. The highest BCUT2D eigenvalue weighted by Gasteiger charge is 2.28. The summed E-state index contributed by atoms with van der Waals surface area (Å²) in [5, 5.41) is 0. The van der Waals surface area contributed by atoms with Crippen LogP contribution in [0.15, 0.2) is 48.5 Å². The van der Waals surface area contributed by atoms with E-state index in [0.29, 0.717) is 24.9 Å². The third-order valence-electron chi connectivity index (χ3n) is 4.78. The molecular formula is C23H33FN2O2. The van der Waals surface area contributed by atoms with Crippen LogP contribution < -0.4 is 10.5 Å². The Morgan fingerprint density at radius 3 is 2.54 bits per heavy atom. The van der Waals surface area contributed by atoms with Gasteiger partial charge in [-0.3, -0.25) is 4.90 Å². The van der Waals surface area contributed by atoms with Crippen LogP contribution in [0.25, 0.3) is 0 Å². The van der Waals surface area contributed by atoms with Crippen LogP contribution in [0.5, 0.6) is 5.75 Å². The first-order valence-corrected chi connectivity index (χ1v) is 10.2. The molecule has 0 radical (unpaired) electrons. The molecule has 4 nitrogen and oxygen atoms in total. The van der Waals surface area contributed by atoms with E-state index in [-0.39, 0.29) is 11.9 Å². The van der Waals surface area contributed by atoms with E-state index >= 15 is 0 Å². The minimum atomic E-state index is -0.229. The number of nitrogens with zero attached hydrogens (tertiary/aromatic N) is 1. The normalized spacial score (nSPS) is 21.2. The first-order chi connectivity index (χ1) is 13.7. The molecule has 2 aliphatic heterocycles. The Balaban J connectivity index is 0.000000236. The van der Waals surface area contributed by atoms with Crippen LogP contribution in [0.1, 0.15) is 31.9 Å². The zero-order valence-corrected chi connectivity index (χ0v) is 17.2. The predicted octanol–water partition coefficient (Wildman–Crippen LogP) is 4.02. The van der Waals surface area contributed by atoms with Gasteiger partial charge in [-0.25, -0.2) is 4.39 Å². The summed E-state index contributed by atoms with van der Waals surface area (Å²) in [7, 11) is 0. The first kappa shape index (κ1) is 22.3. The lowest BCUT2D eigenvalue weighted by Crippen LogP contribution is -2.50. The fourth-order valence-electron chi connectivity index (χ4n) is 3.36. The van der Waals surface area contributed by atoms with Gasteiger partial charge in [0.25, 0.3) is 0 Å². The molecular weight excluding hydrogens is 355 g/mol. The molecule has 154 valence electrons. The smallest absolute Gasteiger partial charge is 0.126 e. The lowest BCUT2D eigenvalue weighted by Gasteiger charge is -2.39. The van der Waals surface area contributed by atoms with E-state index in [9.17, 15) is 4.39 Å². The molecule has 2 aromatic rings. The molecule has 2 aromatic carbocycles. The SMILES string of the molecule is CC.C[C@@H]1CN(C2COc3cc(F)ccc3C2)CCO1.NCc1ccccc1. The standard InChI is InChI=1S/C14H18FNO2.C7H9N.C2H6/c1-10-8-16(4-5-17-10)13-6-11-2-3-12(15)7-14(11)18-9-13;8-6-7-4-2-1-3-5-7;1-2/h2-3,7,10,13H,4-6,8-9H2,1H3;1-5H,6,8H2;1-2H3/t10-,13?;;/m1../s1. The Kier molecular flexibility index (Phi) is 9.41. The number of benzene rings is 2. The summed E-state index contributed by atoms with van der Waals surface area (Å²) >= 11 is 0. The van der Waals surface area contributed by atoms with Crippen molar-refractivity contribution in [3.63, 3.8) is 0 Å². The zero-order chi connectivity index (χ0) is 20.4. The molecule has 1 saturated heterocycles. The number of rotatable bonds is 2. The van der Waals surface area contributed by atoms with Gasteiger partial charge in [-0.2, -0.15) is 0 Å². The van der Waals surface area contributed by atoms with Gasteiger partial charge in [0.05, 0.1) is 12.7 Å². The average Bonchev–Trinajstić information content (AvgIpc) is 2.76. The molecule has 1 unspecified atom stereocenters. The van der Waals surface area contributed by atoms with E-state index in [1.807, 2.05) is 50.2 Å². The number of ether oxygens (including phenoxy) is 2. The van der Waals surface area contributed by atoms with Gasteiger partial charge in [0.2, 0.25) is 0 Å². The molecule has 2 N–H and O–H groups in total. The molecule has 5 heteroatoms. The first-order valence-electron chi connectivity index (χ1n) is 10.2. The fourth-order valence-corrected chi connectivity index (χ4v) is 3.36. The number of hydrogen-bond acceptors (Lipinski definition) is 4. The maximum absolute atomic E-state index is 13.1. The van der Waals surface area contributed by atoms with Crippen molar-refractivity contribution in [2.45, 2.75) is 45.9 Å². The van der Waals surface area contributed by atoms with E-state index in [0.717, 1.165) is 31.7 Å². The minimum Gasteiger partial charge on any atom is -0.492 e. The van der Waals surface area contributed by atoms with Gasteiger partial charge in [0.1, 0.15) is 18.2 Å². The maximum Gasteiger partial charge on any atom is 0.126 e. The van der Waals surface area contributed by atoms with Crippen LogP contribution in [-0.4, -0.2) is 43.3 Å². The summed E-state index contributed by atoms with van der Waals surface area (Å²) in [6.07, 6.45) is 1.22. The Bertz CT molecular complexity index is 696. The molecule has 0 aromatic heterocycles. The highest BCUT2D eigenvalue weighted by atomic mass is 19.1. The Labute approximate surface area is 168 Å². The minimum absolute atomic E-state index is 0.229. The summed E-state index contributed by atoms with van der Waals surface area (Å²) in [4.78, 5) is 2.42. The Morgan fingerprint density at radius 1 is 1.14 bits per heavy atom. The third-order valence-corrected chi connectivity index (χ3v) is 4.78. The number of halogens is 1. The van der Waals surface area contributed by atoms with Crippen molar-refractivity contribution in [3.05, 3.63) is 65.5 Å². The van der Waals surface area contributed by atoms with Crippen molar-refractivity contribution in [3.8, 4) is 5.75 Å². The monoisotopic (exact) mass is 388 g/mol. The van der Waals surface area contributed by atoms with E-state index < -0.39 is 0 Å². The van der Waals surface area contributed by atoms with Gasteiger partial charge in [0, 0.05) is 31.7 Å². The molecule has 2 aliphatic rings. The van der Waals surface area contributed by atoms with Gasteiger partial charge in [-0.1, -0.05) is 50.2 Å². The van der Waals surface area contributed by atoms with Crippen molar-refractivity contribution in [2.75, 3.05) is 26.3 Å². The number of fused-ring (bicyclic) bond motifs is 1. The average molecular weight is 389 g/mol. The topological polar surface area (TPSA) is 47.7 Å². The third kappa shape index (κ3) is 6.59. The van der Waals surface area contributed by atoms with E-state index in [1.165, 1.54) is 17.7 Å². The highest BCUT2D eigenvalue weighted by Crippen LogP contribution is 2.28. The summed E-state index contributed by atoms with van der Waals surface area (Å²) in [5.74, 6) is 0.472. The second kappa shape index (κ2) is 11.8. The van der Waals surface area contributed by atoms with Crippen molar-refractivity contribution in [2.24, 2.45) is 5.73 Å². The number of nitrogens with two attached hydrogens (primary N) is 1. The lowest BCUT2D eigenvalue weighted by molar-refractivity contribution is -0.0425. The molecule has 4 rings (SSSR count). The fraction of sp³-hybridized carbons (Fsp3) is 0.478. The molecule has 0 saturated carbocycles. The van der Waals surface area contributed by atoms with Gasteiger partial charge in [0.15, 0.2) is 0 Å². The van der Waals surface area contributed by atoms with Crippen molar-refractivity contribution < 1.29 is 13.9 Å². The largest absolute Gasteiger partial charge is 0.492 e. The Hall–Kier alpha value is -1.95. The molecule has 0 spiro atoms. The quantitative estimate of drug-likeness (QED) is 0.844. The van der Waals surface area contributed by atoms with Crippen LogP contribution in [0.3, 0.4) is 0 Å². The number of hydrogen-bond donors (Lipinski definition) is 1. The summed E-state index contributed by atoms with van der Waals surface area (Å²) in [6.45, 7) is 10.1. The highest BCUT2D eigenvalue weighted by molar-refractivity contribution is 5.36. The summed E-state index contributed by atoms with van der Waals surface area (Å²) < 4.78 is 24.3. The van der Waals surface area contributed by atoms with Crippen LogP contribution >= 0.6 is 0 Å². The maximum atomic E-state index is 13.1. The molecule has 28 heavy (non-hydrogen) atoms. The van der Waals surface area contributed by atoms with Crippen LogP contribution in [-0.2, 0) is 17.7 Å². The van der Waals surface area contributed by atoms with Crippen LogP contribution in [0.4, 0.5) is 4.39 Å². The van der Waals surface area contributed by atoms with Crippen LogP contribution in [0.2, 0.25) is 0 Å². The predicted molar refractivity (Wildman–Crippen MR) is 112 cm³/mol. The lowest BCUT2D eigenvalue weighted by atomic mass is 10.0. The summed E-state index contributed by atoms with van der Waals surface area (Å²) in [5.41, 5.74) is 7.64. The molecule has 2 atom stereocenters. The van der Waals surface area contributed by atoms with Gasteiger partial charge in [-0.15, -0.1) is 0 Å². The molecule has 1 fully saturated rings. The second-order valence-electron chi connectivity index (χ2n) is 6.79.